The van der Waals surface area contributed by atoms with E-state index >= 15 is 0 Å². The van der Waals surface area contributed by atoms with Crippen LogP contribution in [0.2, 0.25) is 0 Å². The Hall–Kier alpha value is -3.22. The monoisotopic (exact) mass is 321 g/mol. The van der Waals surface area contributed by atoms with Gasteiger partial charge in [-0.05, 0) is 31.2 Å². The summed E-state index contributed by atoms with van der Waals surface area (Å²) in [5.41, 5.74) is 9.03. The van der Waals surface area contributed by atoms with E-state index in [4.69, 9.17) is 10.5 Å². The van der Waals surface area contributed by atoms with Crippen LogP contribution < -0.4 is 11.4 Å². The number of ether oxygens (including phenoxy) is 1. The van der Waals surface area contributed by atoms with Crippen LogP contribution >= 0.6 is 0 Å². The van der Waals surface area contributed by atoms with Gasteiger partial charge in [0.15, 0.2) is 5.65 Å². The zero-order valence-electron chi connectivity index (χ0n) is 13.1. The fraction of sp³-hybridized carbons (Fsp3) is 0.176. The van der Waals surface area contributed by atoms with E-state index in [-0.39, 0.29) is 5.82 Å². The standard InChI is InChI=1S/C17H15N5O2/c1-10-14(3-2-7-19-10)22-16-12(15(18)21-17(22)23)4-5-13(20-16)11-6-8-24-9-11/h2-5,7,9H,6,8H2,1H3,(H2,18,21,23). The van der Waals surface area contributed by atoms with Crippen LogP contribution in [0.15, 0.2) is 41.5 Å². The minimum absolute atomic E-state index is 0.170. The van der Waals surface area contributed by atoms with Gasteiger partial charge in [-0.25, -0.2) is 14.3 Å². The number of rotatable bonds is 2. The van der Waals surface area contributed by atoms with Gasteiger partial charge in [0.25, 0.3) is 0 Å². The summed E-state index contributed by atoms with van der Waals surface area (Å²) in [5.74, 6) is 0.170. The van der Waals surface area contributed by atoms with E-state index in [0.717, 1.165) is 17.7 Å². The lowest BCUT2D eigenvalue weighted by atomic mass is 10.1. The lowest BCUT2D eigenvalue weighted by Crippen LogP contribution is -2.25. The number of fused-ring (bicyclic) bond motifs is 1. The number of anilines is 1. The molecule has 0 aromatic carbocycles. The Kier molecular flexibility index (Phi) is 3.26. The Balaban J connectivity index is 2.06. The van der Waals surface area contributed by atoms with Crippen LogP contribution in [0.1, 0.15) is 17.8 Å². The van der Waals surface area contributed by atoms with Crippen LogP contribution in [0.5, 0.6) is 0 Å². The highest BCUT2D eigenvalue weighted by Gasteiger charge is 2.16. The lowest BCUT2D eigenvalue weighted by Gasteiger charge is -2.12. The minimum atomic E-state index is -0.475. The number of nitrogen functional groups attached to an aromatic ring is 1. The molecule has 120 valence electrons. The Morgan fingerprint density at radius 2 is 2.12 bits per heavy atom. The summed E-state index contributed by atoms with van der Waals surface area (Å²) in [4.78, 5) is 25.3. The van der Waals surface area contributed by atoms with Crippen molar-refractivity contribution in [3.63, 3.8) is 0 Å². The summed E-state index contributed by atoms with van der Waals surface area (Å²) >= 11 is 0. The minimum Gasteiger partial charge on any atom is -0.500 e. The van der Waals surface area contributed by atoms with Gasteiger partial charge in [-0.2, -0.15) is 4.98 Å². The predicted octanol–water partition coefficient (Wildman–Crippen LogP) is 1.83. The second kappa shape index (κ2) is 5.45. The van der Waals surface area contributed by atoms with Gasteiger partial charge in [0, 0.05) is 18.2 Å². The fourth-order valence-corrected chi connectivity index (χ4v) is 2.81. The van der Waals surface area contributed by atoms with Crippen LogP contribution in [-0.2, 0) is 4.74 Å². The normalized spacial score (nSPS) is 13.8. The zero-order chi connectivity index (χ0) is 16.7. The highest BCUT2D eigenvalue weighted by atomic mass is 16.5. The molecular formula is C17H15N5O2. The Morgan fingerprint density at radius 3 is 2.88 bits per heavy atom. The fourth-order valence-electron chi connectivity index (χ4n) is 2.81. The Bertz CT molecular complexity index is 1040. The van der Waals surface area contributed by atoms with Crippen molar-refractivity contribution >= 4 is 22.4 Å². The Morgan fingerprint density at radius 1 is 1.25 bits per heavy atom. The molecule has 1 aliphatic rings. The Labute approximate surface area is 137 Å². The van der Waals surface area contributed by atoms with E-state index in [0.29, 0.717) is 29.0 Å². The maximum Gasteiger partial charge on any atom is 0.355 e. The molecule has 0 fully saturated rings. The molecule has 0 radical (unpaired) electrons. The molecular weight excluding hydrogens is 306 g/mol. The average Bonchev–Trinajstić information content (AvgIpc) is 3.10. The first kappa shape index (κ1) is 14.4. The number of nitrogens with two attached hydrogens (primary N) is 1. The first-order valence-corrected chi connectivity index (χ1v) is 7.57. The first-order valence-electron chi connectivity index (χ1n) is 7.57. The van der Waals surface area contributed by atoms with Gasteiger partial charge in [0.05, 0.1) is 35.3 Å². The van der Waals surface area contributed by atoms with Crippen molar-refractivity contribution in [3.05, 3.63) is 58.6 Å². The summed E-state index contributed by atoms with van der Waals surface area (Å²) in [6.45, 7) is 2.48. The SMILES string of the molecule is Cc1ncccc1-n1c(=O)nc(N)c2ccc(C3=COCC3)nc21. The number of nitrogens with zero attached hydrogens (tertiary/aromatic N) is 4. The van der Waals surface area contributed by atoms with Crippen molar-refractivity contribution in [1.82, 2.24) is 19.5 Å². The van der Waals surface area contributed by atoms with Gasteiger partial charge in [0.2, 0.25) is 0 Å². The predicted molar refractivity (Wildman–Crippen MR) is 90.6 cm³/mol. The van der Waals surface area contributed by atoms with Crippen LogP contribution in [0.3, 0.4) is 0 Å². The second-order valence-electron chi connectivity index (χ2n) is 5.55. The third-order valence-electron chi connectivity index (χ3n) is 4.03. The van der Waals surface area contributed by atoms with Crippen molar-refractivity contribution in [2.24, 2.45) is 0 Å². The molecule has 4 rings (SSSR count). The first-order chi connectivity index (χ1) is 11.6. The molecule has 1 aliphatic heterocycles. The molecule has 7 nitrogen and oxygen atoms in total. The van der Waals surface area contributed by atoms with Gasteiger partial charge >= 0.3 is 5.69 Å². The molecule has 2 N–H and O–H groups in total. The molecule has 0 unspecified atom stereocenters. The highest BCUT2D eigenvalue weighted by molar-refractivity contribution is 5.87. The molecule has 0 saturated carbocycles. The molecule has 0 atom stereocenters. The average molecular weight is 321 g/mol. The molecule has 3 aromatic heterocycles. The molecule has 3 aromatic rings. The maximum atomic E-state index is 12.5. The highest BCUT2D eigenvalue weighted by Crippen LogP contribution is 2.26. The maximum absolute atomic E-state index is 12.5. The smallest absolute Gasteiger partial charge is 0.355 e. The van der Waals surface area contributed by atoms with E-state index < -0.39 is 5.69 Å². The molecule has 24 heavy (non-hydrogen) atoms. The van der Waals surface area contributed by atoms with Crippen LogP contribution in [0.25, 0.3) is 22.3 Å². The molecule has 4 heterocycles. The summed E-state index contributed by atoms with van der Waals surface area (Å²) in [7, 11) is 0. The van der Waals surface area contributed by atoms with E-state index in [1.807, 2.05) is 25.1 Å². The number of hydrogen-bond donors (Lipinski definition) is 1. The third-order valence-corrected chi connectivity index (χ3v) is 4.03. The third kappa shape index (κ3) is 2.21. The largest absolute Gasteiger partial charge is 0.500 e. The quantitative estimate of drug-likeness (QED) is 0.773. The summed E-state index contributed by atoms with van der Waals surface area (Å²) in [5, 5.41) is 0.626. The van der Waals surface area contributed by atoms with Crippen molar-refractivity contribution in [3.8, 4) is 5.69 Å². The van der Waals surface area contributed by atoms with Crippen molar-refractivity contribution < 1.29 is 4.74 Å². The van der Waals surface area contributed by atoms with Crippen LogP contribution in [0.4, 0.5) is 5.82 Å². The molecule has 0 aliphatic carbocycles. The van der Waals surface area contributed by atoms with Crippen LogP contribution in [-0.4, -0.2) is 26.1 Å². The number of aromatic nitrogens is 4. The molecule has 0 amide bonds. The lowest BCUT2D eigenvalue weighted by molar-refractivity contribution is 0.281. The van der Waals surface area contributed by atoms with Crippen molar-refractivity contribution in [2.75, 3.05) is 12.3 Å². The van der Waals surface area contributed by atoms with Crippen molar-refractivity contribution in [1.29, 1.82) is 0 Å². The van der Waals surface area contributed by atoms with Gasteiger partial charge in [0.1, 0.15) is 5.82 Å². The molecule has 0 saturated heterocycles. The van der Waals surface area contributed by atoms with Crippen molar-refractivity contribution in [2.45, 2.75) is 13.3 Å². The number of aryl methyl sites for hydroxylation is 1. The van der Waals surface area contributed by atoms with Gasteiger partial charge in [-0.15, -0.1) is 0 Å². The topological polar surface area (TPSA) is 95.9 Å². The number of pyridine rings is 2. The van der Waals surface area contributed by atoms with Gasteiger partial charge in [-0.1, -0.05) is 0 Å². The molecule has 0 bridgehead atoms. The zero-order valence-corrected chi connectivity index (χ0v) is 13.1. The van der Waals surface area contributed by atoms with E-state index in [1.54, 1.807) is 18.5 Å². The van der Waals surface area contributed by atoms with E-state index in [1.165, 1.54) is 4.57 Å². The summed E-state index contributed by atoms with van der Waals surface area (Å²) in [6, 6.07) is 7.29. The van der Waals surface area contributed by atoms with E-state index in [2.05, 4.69) is 15.0 Å². The summed E-state index contributed by atoms with van der Waals surface area (Å²) < 4.78 is 6.74. The molecule has 0 spiro atoms. The van der Waals surface area contributed by atoms with Gasteiger partial charge < -0.3 is 10.5 Å². The number of hydrogen-bond acceptors (Lipinski definition) is 6. The second-order valence-corrected chi connectivity index (χ2v) is 5.55. The molecule has 7 heteroatoms. The van der Waals surface area contributed by atoms with Gasteiger partial charge in [-0.3, -0.25) is 4.98 Å². The van der Waals surface area contributed by atoms with Crippen LogP contribution in [0, 0.1) is 6.92 Å². The van der Waals surface area contributed by atoms with E-state index in [9.17, 15) is 4.79 Å². The summed E-state index contributed by atoms with van der Waals surface area (Å²) in [6.07, 6.45) is 4.17.